The van der Waals surface area contributed by atoms with Crippen molar-refractivity contribution in [2.75, 3.05) is 19.7 Å². The van der Waals surface area contributed by atoms with Crippen molar-refractivity contribution < 1.29 is 24.2 Å². The first-order chi connectivity index (χ1) is 16.4. The topological polar surface area (TPSA) is 95.9 Å². The first-order valence-corrected chi connectivity index (χ1v) is 12.1. The molecule has 1 aliphatic heterocycles. The summed E-state index contributed by atoms with van der Waals surface area (Å²) in [6.07, 6.45) is 2.85. The largest absolute Gasteiger partial charge is 0.481 e. The molecular formula is C27H28N2O5. The molecule has 3 aliphatic carbocycles. The molecule has 4 aliphatic rings. The van der Waals surface area contributed by atoms with Gasteiger partial charge in [0.2, 0.25) is 5.91 Å². The number of nitrogens with one attached hydrogen (secondary N) is 1. The van der Waals surface area contributed by atoms with Gasteiger partial charge in [-0.25, -0.2) is 4.79 Å². The summed E-state index contributed by atoms with van der Waals surface area (Å²) in [5, 5.41) is 12.6. The Balaban J connectivity index is 1.12. The zero-order valence-electron chi connectivity index (χ0n) is 19.0. The molecule has 2 saturated carbocycles. The van der Waals surface area contributed by atoms with E-state index < -0.39 is 23.0 Å². The van der Waals surface area contributed by atoms with Crippen molar-refractivity contribution in [2.24, 2.45) is 11.3 Å². The van der Waals surface area contributed by atoms with Crippen LogP contribution in [0.15, 0.2) is 48.5 Å². The second-order valence-electron chi connectivity index (χ2n) is 10.3. The average molecular weight is 461 g/mol. The first kappa shape index (κ1) is 21.2. The molecule has 34 heavy (non-hydrogen) atoms. The lowest BCUT2D eigenvalue weighted by atomic mass is 9.81. The van der Waals surface area contributed by atoms with Gasteiger partial charge in [0.15, 0.2) is 0 Å². The number of hydrogen-bond donors (Lipinski definition) is 2. The van der Waals surface area contributed by atoms with Crippen molar-refractivity contribution in [3.63, 3.8) is 0 Å². The molecule has 1 heterocycles. The maximum atomic E-state index is 13.3. The van der Waals surface area contributed by atoms with Gasteiger partial charge in [-0.2, -0.15) is 0 Å². The number of amides is 2. The number of aliphatic carboxylic acids is 1. The predicted molar refractivity (Wildman–Crippen MR) is 124 cm³/mol. The van der Waals surface area contributed by atoms with Crippen LogP contribution in [0.2, 0.25) is 0 Å². The molecule has 0 spiro atoms. The van der Waals surface area contributed by atoms with Crippen molar-refractivity contribution in [1.29, 1.82) is 0 Å². The number of carboxylic acids is 1. The van der Waals surface area contributed by atoms with Gasteiger partial charge in [0, 0.05) is 19.0 Å². The zero-order valence-corrected chi connectivity index (χ0v) is 19.0. The van der Waals surface area contributed by atoms with Crippen LogP contribution < -0.4 is 5.32 Å². The molecule has 0 bridgehead atoms. The van der Waals surface area contributed by atoms with E-state index in [2.05, 4.69) is 29.6 Å². The lowest BCUT2D eigenvalue weighted by Crippen LogP contribution is -2.51. The second-order valence-corrected chi connectivity index (χ2v) is 10.3. The molecule has 6 rings (SSSR count). The number of carbonyl (C=O) groups is 3. The van der Waals surface area contributed by atoms with Gasteiger partial charge < -0.3 is 20.1 Å². The molecule has 0 radical (unpaired) electrons. The van der Waals surface area contributed by atoms with Crippen LogP contribution in [0.3, 0.4) is 0 Å². The van der Waals surface area contributed by atoms with Gasteiger partial charge in [-0.05, 0) is 53.9 Å². The third-order valence-electron chi connectivity index (χ3n) is 8.43. The predicted octanol–water partition coefficient (Wildman–Crippen LogP) is 3.77. The third kappa shape index (κ3) is 3.13. The van der Waals surface area contributed by atoms with E-state index in [1.807, 2.05) is 24.3 Å². The molecule has 7 nitrogen and oxygen atoms in total. The van der Waals surface area contributed by atoms with Crippen molar-refractivity contribution in [3.05, 3.63) is 59.7 Å². The molecule has 2 aromatic rings. The van der Waals surface area contributed by atoms with Gasteiger partial charge in [-0.15, -0.1) is 0 Å². The fourth-order valence-corrected chi connectivity index (χ4v) is 6.44. The lowest BCUT2D eigenvalue weighted by molar-refractivity contribution is -0.149. The van der Waals surface area contributed by atoms with Crippen molar-refractivity contribution in [3.8, 4) is 11.1 Å². The van der Waals surface area contributed by atoms with Crippen LogP contribution in [-0.2, 0) is 14.3 Å². The number of nitrogens with zero attached hydrogens (tertiary/aromatic N) is 1. The SMILES string of the molecule is O=C(NC1(C(=O)N2C[C@@H]3CCC[C@]3(C(=O)O)C2)CC1)OCC1c2ccccc2-c2ccccc21. The minimum atomic E-state index is -0.957. The van der Waals surface area contributed by atoms with Gasteiger partial charge in [-0.1, -0.05) is 55.0 Å². The second kappa shape index (κ2) is 7.58. The van der Waals surface area contributed by atoms with Gasteiger partial charge in [-0.3, -0.25) is 9.59 Å². The molecule has 2 atom stereocenters. The Morgan fingerprint density at radius 3 is 2.24 bits per heavy atom. The monoisotopic (exact) mass is 460 g/mol. The van der Waals surface area contributed by atoms with Crippen molar-refractivity contribution >= 4 is 18.0 Å². The average Bonchev–Trinajstić information content (AvgIpc) is 3.20. The van der Waals surface area contributed by atoms with Gasteiger partial charge in [0.25, 0.3) is 0 Å². The molecule has 0 unspecified atom stereocenters. The van der Waals surface area contributed by atoms with Crippen LogP contribution >= 0.6 is 0 Å². The summed E-state index contributed by atoms with van der Waals surface area (Å²) in [5.74, 6) is -1.02. The van der Waals surface area contributed by atoms with Crippen LogP contribution in [0.4, 0.5) is 4.79 Å². The van der Waals surface area contributed by atoms with Crippen molar-refractivity contribution in [1.82, 2.24) is 10.2 Å². The van der Waals surface area contributed by atoms with E-state index in [1.165, 1.54) is 0 Å². The Kier molecular flexibility index (Phi) is 4.73. The maximum Gasteiger partial charge on any atom is 0.408 e. The quantitative estimate of drug-likeness (QED) is 0.708. The van der Waals surface area contributed by atoms with Crippen LogP contribution in [0.5, 0.6) is 0 Å². The van der Waals surface area contributed by atoms with Gasteiger partial charge >= 0.3 is 12.1 Å². The van der Waals surface area contributed by atoms with Crippen LogP contribution in [0.1, 0.15) is 49.1 Å². The molecule has 1 saturated heterocycles. The summed E-state index contributed by atoms with van der Waals surface area (Å²) < 4.78 is 5.65. The molecule has 3 fully saturated rings. The summed E-state index contributed by atoms with van der Waals surface area (Å²) in [4.78, 5) is 39.7. The number of likely N-dealkylation sites (tertiary alicyclic amines) is 1. The number of alkyl carbamates (subject to hydrolysis) is 1. The number of hydrogen-bond acceptors (Lipinski definition) is 4. The van der Waals surface area contributed by atoms with Crippen molar-refractivity contribution in [2.45, 2.75) is 43.6 Å². The summed E-state index contributed by atoms with van der Waals surface area (Å²) in [6, 6.07) is 16.3. The Morgan fingerprint density at radius 2 is 1.65 bits per heavy atom. The van der Waals surface area contributed by atoms with Gasteiger partial charge in [0.1, 0.15) is 12.1 Å². The fourth-order valence-electron chi connectivity index (χ4n) is 6.44. The Morgan fingerprint density at radius 1 is 1.00 bits per heavy atom. The molecule has 176 valence electrons. The highest BCUT2D eigenvalue weighted by Gasteiger charge is 2.60. The summed E-state index contributed by atoms with van der Waals surface area (Å²) >= 11 is 0. The third-order valence-corrected chi connectivity index (χ3v) is 8.43. The van der Waals surface area contributed by atoms with Gasteiger partial charge in [0.05, 0.1) is 5.41 Å². The summed E-state index contributed by atoms with van der Waals surface area (Å²) in [6.45, 7) is 0.886. The normalized spacial score (nSPS) is 25.9. The Bertz CT molecular complexity index is 1140. The van der Waals surface area contributed by atoms with E-state index in [-0.39, 0.29) is 30.9 Å². The maximum absolute atomic E-state index is 13.3. The van der Waals surface area contributed by atoms with Crippen LogP contribution in [0.25, 0.3) is 11.1 Å². The Hall–Kier alpha value is -3.35. The highest BCUT2D eigenvalue weighted by atomic mass is 16.5. The van der Waals surface area contributed by atoms with E-state index in [1.54, 1.807) is 4.90 Å². The number of carbonyl (C=O) groups excluding carboxylic acids is 2. The standard InChI is InChI=1S/C27H28N2O5/c30-23(29-14-17-6-5-11-26(17,16-29)24(31)32)27(12-13-27)28-25(33)34-15-22-20-9-3-1-7-18(20)19-8-2-4-10-21(19)22/h1-4,7-10,17,22H,5-6,11-16H2,(H,28,33)(H,31,32)/t17-,26-/m0/s1. The smallest absolute Gasteiger partial charge is 0.408 e. The molecule has 2 amide bonds. The van der Waals surface area contributed by atoms with E-state index in [4.69, 9.17) is 4.74 Å². The number of rotatable bonds is 5. The zero-order chi connectivity index (χ0) is 23.5. The Labute approximate surface area is 198 Å². The van der Waals surface area contributed by atoms with E-state index in [0.29, 0.717) is 25.8 Å². The molecule has 2 aromatic carbocycles. The summed E-state index contributed by atoms with van der Waals surface area (Å²) in [5.41, 5.74) is 2.81. The molecular weight excluding hydrogens is 432 g/mol. The number of fused-ring (bicyclic) bond motifs is 4. The van der Waals surface area contributed by atoms with E-state index in [0.717, 1.165) is 35.1 Å². The number of ether oxygens (including phenoxy) is 1. The van der Waals surface area contributed by atoms with Crippen LogP contribution in [-0.4, -0.2) is 53.2 Å². The molecule has 7 heteroatoms. The number of carboxylic acid groups (broad SMARTS) is 1. The minimum Gasteiger partial charge on any atom is -0.481 e. The minimum absolute atomic E-state index is 0.000737. The fraction of sp³-hybridized carbons (Fsp3) is 0.444. The highest BCUT2D eigenvalue weighted by molar-refractivity contribution is 5.94. The molecule has 2 N–H and O–H groups in total. The highest BCUT2D eigenvalue weighted by Crippen LogP contribution is 2.50. The first-order valence-electron chi connectivity index (χ1n) is 12.1. The van der Waals surface area contributed by atoms with E-state index in [9.17, 15) is 19.5 Å². The molecule has 0 aromatic heterocycles. The number of benzene rings is 2. The summed E-state index contributed by atoms with van der Waals surface area (Å²) in [7, 11) is 0. The lowest BCUT2D eigenvalue weighted by Gasteiger charge is -2.26. The van der Waals surface area contributed by atoms with E-state index >= 15 is 0 Å². The van der Waals surface area contributed by atoms with Crippen LogP contribution in [0, 0.1) is 11.3 Å².